The Bertz CT molecular complexity index is 779. The van der Waals surface area contributed by atoms with E-state index >= 15 is 0 Å². The molecule has 3 saturated heterocycles. The summed E-state index contributed by atoms with van der Waals surface area (Å²) in [6.07, 6.45) is 5.97. The molecule has 27 heavy (non-hydrogen) atoms. The maximum atomic E-state index is 9.55. The van der Waals surface area contributed by atoms with Crippen LogP contribution >= 0.6 is 22.7 Å². The summed E-state index contributed by atoms with van der Waals surface area (Å²) < 4.78 is 6.14. The van der Waals surface area contributed by atoms with E-state index in [4.69, 9.17) is 14.9 Å². The zero-order chi connectivity index (χ0) is 19.2. The van der Waals surface area contributed by atoms with Gasteiger partial charge in [0.15, 0.2) is 0 Å². The van der Waals surface area contributed by atoms with Gasteiger partial charge in [0.1, 0.15) is 6.10 Å². The van der Waals surface area contributed by atoms with Crippen LogP contribution in [0.25, 0.3) is 10.4 Å². The van der Waals surface area contributed by atoms with Gasteiger partial charge < -0.3 is 14.9 Å². The number of aromatic nitrogens is 1. The van der Waals surface area contributed by atoms with E-state index < -0.39 is 11.9 Å². The lowest BCUT2D eigenvalue weighted by molar-refractivity contribution is -0.134. The number of ether oxygens (including phenoxy) is 1. The van der Waals surface area contributed by atoms with Gasteiger partial charge in [-0.1, -0.05) is 11.3 Å². The van der Waals surface area contributed by atoms with Crippen LogP contribution in [0.15, 0.2) is 35.2 Å². The number of piperidine rings is 3. The first-order valence-electron chi connectivity index (χ1n) is 8.52. The fourth-order valence-corrected chi connectivity index (χ4v) is 4.71. The van der Waals surface area contributed by atoms with E-state index in [2.05, 4.69) is 26.7 Å². The molecule has 0 aromatic carbocycles. The van der Waals surface area contributed by atoms with Crippen molar-refractivity contribution in [2.24, 2.45) is 5.92 Å². The highest BCUT2D eigenvalue weighted by Gasteiger charge is 2.35. The Balaban J connectivity index is 0.000000226. The highest BCUT2D eigenvalue weighted by Crippen LogP contribution is 2.35. The molecule has 3 aliphatic heterocycles. The molecule has 1 unspecified atom stereocenters. The Morgan fingerprint density at radius 2 is 1.93 bits per heavy atom. The molecule has 7 nitrogen and oxygen atoms in total. The summed E-state index contributed by atoms with van der Waals surface area (Å²) in [6.45, 7) is 3.59. The van der Waals surface area contributed by atoms with Gasteiger partial charge in [0.05, 0.1) is 4.88 Å². The summed E-state index contributed by atoms with van der Waals surface area (Å²) in [5, 5.41) is 20.7. The van der Waals surface area contributed by atoms with Crippen LogP contribution in [-0.2, 0) is 9.59 Å². The van der Waals surface area contributed by atoms with Crippen LogP contribution in [0.5, 0.6) is 5.19 Å². The van der Waals surface area contributed by atoms with E-state index in [9.17, 15) is 9.59 Å². The summed E-state index contributed by atoms with van der Waals surface area (Å²) in [4.78, 5) is 27.3. The minimum Gasteiger partial charge on any atom is -0.478 e. The largest absolute Gasteiger partial charge is 0.478 e. The molecule has 3 fully saturated rings. The summed E-state index contributed by atoms with van der Waals surface area (Å²) >= 11 is 3.39. The molecule has 2 N–H and O–H groups in total. The first-order chi connectivity index (χ1) is 13.0. The highest BCUT2D eigenvalue weighted by molar-refractivity contribution is 7.17. The second-order valence-electron chi connectivity index (χ2n) is 6.31. The lowest BCUT2D eigenvalue weighted by Crippen LogP contribution is -2.52. The fourth-order valence-electron chi connectivity index (χ4n) is 3.17. The predicted octanol–water partition coefficient (Wildman–Crippen LogP) is 3.06. The van der Waals surface area contributed by atoms with Crippen LogP contribution in [0, 0.1) is 5.92 Å². The molecule has 0 amide bonds. The zero-order valence-corrected chi connectivity index (χ0v) is 16.1. The van der Waals surface area contributed by atoms with Gasteiger partial charge in [-0.3, -0.25) is 4.90 Å². The molecular formula is C18H20N2O5S2. The summed E-state index contributed by atoms with van der Waals surface area (Å²) in [6, 6.07) is 2.14. The van der Waals surface area contributed by atoms with Crippen molar-refractivity contribution in [1.29, 1.82) is 0 Å². The van der Waals surface area contributed by atoms with Crippen LogP contribution in [0.3, 0.4) is 0 Å². The lowest BCUT2D eigenvalue weighted by atomic mass is 9.86. The number of fused-ring (bicyclic) bond motifs is 3. The third-order valence-corrected chi connectivity index (χ3v) is 6.13. The SMILES string of the molecule is O=C(O)/C=C/C(=O)O.c1cc(-c2cnc(OC3CN4CCC3CC4)s2)cs1. The van der Waals surface area contributed by atoms with Gasteiger partial charge in [-0.25, -0.2) is 14.6 Å². The molecule has 0 radical (unpaired) electrons. The zero-order valence-electron chi connectivity index (χ0n) is 14.5. The number of carboxylic acids is 2. The standard InChI is InChI=1S/C14H16N2OS2.C4H4O4/c1-4-16-5-2-10(1)12(8-16)17-14-15-7-13(19-14)11-3-6-18-9-11;5-3(6)1-2-4(7)8/h3,6-7,9-10,12H,1-2,4-5,8H2;1-2H,(H,5,6)(H,7,8)/b;2-1+. The van der Waals surface area contributed by atoms with E-state index in [-0.39, 0.29) is 0 Å². The van der Waals surface area contributed by atoms with Gasteiger partial charge in [0, 0.05) is 30.5 Å². The number of hydrogen-bond donors (Lipinski definition) is 2. The average Bonchev–Trinajstić information content (AvgIpc) is 3.33. The second-order valence-corrected chi connectivity index (χ2v) is 8.08. The van der Waals surface area contributed by atoms with E-state index in [1.165, 1.54) is 36.4 Å². The molecule has 2 aromatic rings. The third kappa shape index (κ3) is 5.62. The fraction of sp³-hybridized carbons (Fsp3) is 0.389. The van der Waals surface area contributed by atoms with Gasteiger partial charge in [-0.05, 0) is 48.7 Å². The average molecular weight is 409 g/mol. The van der Waals surface area contributed by atoms with E-state index in [1.807, 2.05) is 6.20 Å². The van der Waals surface area contributed by atoms with Crippen molar-refractivity contribution >= 4 is 34.6 Å². The minimum absolute atomic E-state index is 0.351. The molecule has 5 heterocycles. The molecule has 5 rings (SSSR count). The smallest absolute Gasteiger partial charge is 0.328 e. The van der Waals surface area contributed by atoms with E-state index in [0.29, 0.717) is 18.3 Å². The molecule has 9 heteroatoms. The molecule has 0 spiro atoms. The Kier molecular flexibility index (Phi) is 6.59. The van der Waals surface area contributed by atoms with Crippen LogP contribution < -0.4 is 4.74 Å². The third-order valence-electron chi connectivity index (χ3n) is 4.51. The number of thiophene rings is 1. The van der Waals surface area contributed by atoms with Crippen molar-refractivity contribution in [3.8, 4) is 15.6 Å². The topological polar surface area (TPSA) is 100.0 Å². The Hall–Kier alpha value is -2.23. The molecule has 2 bridgehead atoms. The van der Waals surface area contributed by atoms with E-state index in [1.54, 1.807) is 22.7 Å². The van der Waals surface area contributed by atoms with Gasteiger partial charge in [0.2, 0.25) is 0 Å². The van der Waals surface area contributed by atoms with Gasteiger partial charge in [-0.2, -0.15) is 11.3 Å². The highest BCUT2D eigenvalue weighted by atomic mass is 32.1. The number of nitrogens with zero attached hydrogens (tertiary/aromatic N) is 2. The van der Waals surface area contributed by atoms with Crippen molar-refractivity contribution in [3.63, 3.8) is 0 Å². The number of aliphatic carboxylic acids is 2. The number of rotatable bonds is 5. The Morgan fingerprint density at radius 3 is 2.44 bits per heavy atom. The van der Waals surface area contributed by atoms with Gasteiger partial charge >= 0.3 is 11.9 Å². The first kappa shape index (κ1) is 19.5. The van der Waals surface area contributed by atoms with Crippen LogP contribution in [0.2, 0.25) is 0 Å². The van der Waals surface area contributed by atoms with Crippen molar-refractivity contribution < 1.29 is 24.5 Å². The first-order valence-corrected chi connectivity index (χ1v) is 10.3. The summed E-state index contributed by atoms with van der Waals surface area (Å²) in [7, 11) is 0. The van der Waals surface area contributed by atoms with Crippen LogP contribution in [0.1, 0.15) is 12.8 Å². The maximum Gasteiger partial charge on any atom is 0.328 e. The number of carboxylic acid groups (broad SMARTS) is 2. The summed E-state index contributed by atoms with van der Waals surface area (Å²) in [5.74, 6) is -1.78. The monoisotopic (exact) mass is 408 g/mol. The number of hydrogen-bond acceptors (Lipinski definition) is 7. The predicted molar refractivity (Wildman–Crippen MR) is 103 cm³/mol. The van der Waals surface area contributed by atoms with Gasteiger partial charge in [0.25, 0.3) is 5.19 Å². The lowest BCUT2D eigenvalue weighted by Gasteiger charge is -2.43. The Morgan fingerprint density at radius 1 is 1.22 bits per heavy atom. The van der Waals surface area contributed by atoms with Crippen LogP contribution in [-0.4, -0.2) is 57.8 Å². The van der Waals surface area contributed by atoms with Crippen molar-refractivity contribution in [2.75, 3.05) is 19.6 Å². The van der Waals surface area contributed by atoms with Crippen molar-refractivity contribution in [3.05, 3.63) is 35.2 Å². The van der Waals surface area contributed by atoms with Gasteiger partial charge in [-0.15, -0.1) is 0 Å². The number of thiazole rings is 1. The molecule has 2 aromatic heterocycles. The molecule has 0 aliphatic carbocycles. The maximum absolute atomic E-state index is 9.55. The molecule has 144 valence electrons. The minimum atomic E-state index is -1.26. The number of carbonyl (C=O) groups is 2. The molecular weight excluding hydrogens is 388 g/mol. The normalized spacial score (nSPS) is 23.6. The van der Waals surface area contributed by atoms with E-state index in [0.717, 1.165) is 17.7 Å². The van der Waals surface area contributed by atoms with Crippen molar-refractivity contribution in [2.45, 2.75) is 18.9 Å². The van der Waals surface area contributed by atoms with Crippen LogP contribution in [0.4, 0.5) is 0 Å². The van der Waals surface area contributed by atoms with Crippen molar-refractivity contribution in [1.82, 2.24) is 9.88 Å². The second kappa shape index (κ2) is 9.12. The molecule has 0 saturated carbocycles. The quantitative estimate of drug-likeness (QED) is 0.734. The molecule has 3 aliphatic rings. The summed E-state index contributed by atoms with van der Waals surface area (Å²) in [5.41, 5.74) is 1.26. The molecule has 1 atom stereocenters. The Labute approximate surface area is 164 Å².